The molecule has 0 aliphatic carbocycles. The molecule has 30 heavy (non-hydrogen) atoms. The number of aryl methyl sites for hydroxylation is 3. The number of amides is 1. The lowest BCUT2D eigenvalue weighted by Crippen LogP contribution is -2.15. The lowest BCUT2D eigenvalue weighted by molar-refractivity contribution is -0.115. The van der Waals surface area contributed by atoms with E-state index in [1.54, 1.807) is 0 Å². The van der Waals surface area contributed by atoms with Crippen LogP contribution in [0.3, 0.4) is 0 Å². The Bertz CT molecular complexity index is 1240. The van der Waals surface area contributed by atoms with Gasteiger partial charge in [-0.05, 0) is 47.7 Å². The van der Waals surface area contributed by atoms with Gasteiger partial charge >= 0.3 is 0 Å². The lowest BCUT2D eigenvalue weighted by atomic mass is 10.00. The Hall–Kier alpha value is -3.67. The van der Waals surface area contributed by atoms with E-state index in [0.717, 1.165) is 45.4 Å². The number of nitrogens with one attached hydrogen (secondary N) is 1. The van der Waals surface area contributed by atoms with Gasteiger partial charge in [0.05, 0.1) is 11.8 Å². The molecule has 0 unspecified atom stereocenters. The number of hydrogen-bond acceptors (Lipinski definition) is 4. The van der Waals surface area contributed by atoms with Crippen LogP contribution in [0.15, 0.2) is 55.0 Å². The maximum Gasteiger partial charge on any atom is 0.228 e. The van der Waals surface area contributed by atoms with Crippen molar-refractivity contribution in [3.63, 3.8) is 0 Å². The Morgan fingerprint density at radius 3 is 2.60 bits per heavy atom. The van der Waals surface area contributed by atoms with Gasteiger partial charge in [-0.2, -0.15) is 0 Å². The van der Waals surface area contributed by atoms with E-state index in [2.05, 4.69) is 28.3 Å². The van der Waals surface area contributed by atoms with Crippen LogP contribution in [0.4, 0.5) is 11.5 Å². The summed E-state index contributed by atoms with van der Waals surface area (Å²) in [5, 5.41) is 3.87. The minimum absolute atomic E-state index is 0.0224. The topological polar surface area (TPSA) is 85.8 Å². The molecule has 2 heterocycles. The molecule has 4 aromatic rings. The lowest BCUT2D eigenvalue weighted by Gasteiger charge is -2.11. The second-order valence-corrected chi connectivity index (χ2v) is 7.49. The van der Waals surface area contributed by atoms with Gasteiger partial charge in [-0.25, -0.2) is 9.97 Å². The molecule has 4 rings (SSSR count). The highest BCUT2D eigenvalue weighted by Crippen LogP contribution is 2.34. The highest BCUT2D eigenvalue weighted by atomic mass is 16.1. The van der Waals surface area contributed by atoms with E-state index >= 15 is 0 Å². The molecule has 6 heteroatoms. The van der Waals surface area contributed by atoms with E-state index in [9.17, 15) is 4.79 Å². The number of benzene rings is 2. The first-order valence-corrected chi connectivity index (χ1v) is 10.0. The van der Waals surface area contributed by atoms with Crippen LogP contribution in [0.5, 0.6) is 0 Å². The number of carbonyl (C=O) groups excluding carboxylic acids is 1. The molecule has 6 nitrogen and oxygen atoms in total. The molecule has 0 saturated carbocycles. The molecule has 2 aromatic heterocycles. The Morgan fingerprint density at radius 2 is 1.87 bits per heavy atom. The molecule has 0 atom stereocenters. The molecule has 0 saturated heterocycles. The molecule has 0 aliphatic rings. The summed E-state index contributed by atoms with van der Waals surface area (Å²) < 4.78 is 1.95. The van der Waals surface area contributed by atoms with Gasteiger partial charge in [0.1, 0.15) is 17.8 Å². The fraction of sp³-hybridized carbons (Fsp3) is 0.208. The second-order valence-electron chi connectivity index (χ2n) is 7.49. The standard InChI is InChI=1S/C24H25N5O/c1-4-16-7-5-6-8-17(16)12-21(30)28-18-9-10-19(15(2)11-18)20-13-29(3)24-22(20)23(25)26-14-27-24/h5-11,13-14H,4,12H2,1-3H3,(H,28,30)(H2,25,26,27). The number of anilines is 2. The summed E-state index contributed by atoms with van der Waals surface area (Å²) in [4.78, 5) is 21.1. The van der Waals surface area contributed by atoms with Gasteiger partial charge in [-0.3, -0.25) is 4.79 Å². The van der Waals surface area contributed by atoms with Gasteiger partial charge < -0.3 is 15.6 Å². The third-order valence-electron chi connectivity index (χ3n) is 5.43. The normalized spacial score (nSPS) is 11.0. The molecule has 0 bridgehead atoms. The second kappa shape index (κ2) is 7.99. The summed E-state index contributed by atoms with van der Waals surface area (Å²) in [6.45, 7) is 4.13. The van der Waals surface area contributed by atoms with Crippen LogP contribution >= 0.6 is 0 Å². The quantitative estimate of drug-likeness (QED) is 0.525. The van der Waals surface area contributed by atoms with Crippen LogP contribution in [-0.2, 0) is 24.7 Å². The average Bonchev–Trinajstić information content (AvgIpc) is 3.06. The molecule has 0 aliphatic heterocycles. The fourth-order valence-corrected chi connectivity index (χ4v) is 3.94. The highest BCUT2D eigenvalue weighted by Gasteiger charge is 2.15. The predicted molar refractivity (Wildman–Crippen MR) is 121 cm³/mol. The predicted octanol–water partition coefficient (Wildman–Crippen LogP) is 4.27. The number of rotatable bonds is 5. The molecule has 0 radical (unpaired) electrons. The van der Waals surface area contributed by atoms with E-state index in [0.29, 0.717) is 12.2 Å². The number of fused-ring (bicyclic) bond motifs is 1. The van der Waals surface area contributed by atoms with Crippen LogP contribution in [0.2, 0.25) is 0 Å². The van der Waals surface area contributed by atoms with Crippen molar-refractivity contribution < 1.29 is 4.79 Å². The molecule has 152 valence electrons. The summed E-state index contributed by atoms with van der Waals surface area (Å²) >= 11 is 0. The third-order valence-corrected chi connectivity index (χ3v) is 5.43. The summed E-state index contributed by atoms with van der Waals surface area (Å²) in [5.74, 6) is 0.438. The maximum atomic E-state index is 12.6. The number of carbonyl (C=O) groups is 1. The van der Waals surface area contributed by atoms with Crippen molar-refractivity contribution in [1.82, 2.24) is 14.5 Å². The van der Waals surface area contributed by atoms with Crippen LogP contribution in [0.1, 0.15) is 23.6 Å². The monoisotopic (exact) mass is 399 g/mol. The van der Waals surface area contributed by atoms with Crippen molar-refractivity contribution in [1.29, 1.82) is 0 Å². The van der Waals surface area contributed by atoms with Crippen LogP contribution in [0.25, 0.3) is 22.2 Å². The van der Waals surface area contributed by atoms with Gasteiger partial charge in [0.15, 0.2) is 0 Å². The highest BCUT2D eigenvalue weighted by molar-refractivity contribution is 6.01. The van der Waals surface area contributed by atoms with Crippen molar-refractivity contribution in [2.24, 2.45) is 7.05 Å². The number of nitrogens with two attached hydrogens (primary N) is 1. The summed E-state index contributed by atoms with van der Waals surface area (Å²) in [5.41, 5.74) is 13.0. The zero-order valence-corrected chi connectivity index (χ0v) is 17.4. The minimum Gasteiger partial charge on any atom is -0.383 e. The van der Waals surface area contributed by atoms with E-state index < -0.39 is 0 Å². The zero-order valence-electron chi connectivity index (χ0n) is 17.4. The van der Waals surface area contributed by atoms with Gasteiger partial charge in [0.2, 0.25) is 5.91 Å². The van der Waals surface area contributed by atoms with Crippen molar-refractivity contribution in [3.8, 4) is 11.1 Å². The average molecular weight is 399 g/mol. The van der Waals surface area contributed by atoms with Crippen molar-refractivity contribution in [2.45, 2.75) is 26.7 Å². The fourth-order valence-electron chi connectivity index (χ4n) is 3.94. The summed E-state index contributed by atoms with van der Waals surface area (Å²) in [6, 6.07) is 14.0. The maximum absolute atomic E-state index is 12.6. The summed E-state index contributed by atoms with van der Waals surface area (Å²) in [7, 11) is 1.94. The molecule has 1 amide bonds. The zero-order chi connectivity index (χ0) is 21.3. The molecule has 0 spiro atoms. The summed E-state index contributed by atoms with van der Waals surface area (Å²) in [6.07, 6.45) is 4.76. The molecule has 0 fully saturated rings. The van der Waals surface area contributed by atoms with Crippen LogP contribution in [0, 0.1) is 6.92 Å². The number of nitrogen functional groups attached to an aromatic ring is 1. The Balaban J connectivity index is 1.59. The smallest absolute Gasteiger partial charge is 0.228 e. The minimum atomic E-state index is -0.0224. The van der Waals surface area contributed by atoms with Crippen molar-refractivity contribution >= 4 is 28.4 Å². The SMILES string of the molecule is CCc1ccccc1CC(=O)Nc1ccc(-c2cn(C)c3ncnc(N)c23)c(C)c1. The Kier molecular flexibility index (Phi) is 5.23. The first-order chi connectivity index (χ1) is 14.5. The Labute approximate surface area is 175 Å². The van der Waals surface area contributed by atoms with Gasteiger partial charge in [0.25, 0.3) is 0 Å². The Morgan fingerprint density at radius 1 is 1.10 bits per heavy atom. The number of nitrogens with zero attached hydrogens (tertiary/aromatic N) is 3. The van der Waals surface area contributed by atoms with Gasteiger partial charge in [-0.1, -0.05) is 37.3 Å². The van der Waals surface area contributed by atoms with Crippen molar-refractivity contribution in [3.05, 3.63) is 71.7 Å². The van der Waals surface area contributed by atoms with Crippen LogP contribution in [-0.4, -0.2) is 20.4 Å². The first kappa shape index (κ1) is 19.6. The van der Waals surface area contributed by atoms with E-state index in [4.69, 9.17) is 5.73 Å². The van der Waals surface area contributed by atoms with Gasteiger partial charge in [0, 0.05) is 24.5 Å². The van der Waals surface area contributed by atoms with E-state index in [-0.39, 0.29) is 5.91 Å². The van der Waals surface area contributed by atoms with Gasteiger partial charge in [-0.15, -0.1) is 0 Å². The molecular weight excluding hydrogens is 374 g/mol. The number of hydrogen-bond donors (Lipinski definition) is 2. The first-order valence-electron chi connectivity index (χ1n) is 10.0. The third kappa shape index (κ3) is 3.64. The molecule has 2 aromatic carbocycles. The largest absolute Gasteiger partial charge is 0.383 e. The number of aromatic nitrogens is 3. The van der Waals surface area contributed by atoms with E-state index in [1.807, 2.05) is 61.1 Å². The van der Waals surface area contributed by atoms with Crippen molar-refractivity contribution in [2.75, 3.05) is 11.1 Å². The molecule has 3 N–H and O–H groups in total. The molecular formula is C24H25N5O. The van der Waals surface area contributed by atoms with E-state index in [1.165, 1.54) is 11.9 Å². The van der Waals surface area contributed by atoms with Crippen LogP contribution < -0.4 is 11.1 Å².